The van der Waals surface area contributed by atoms with Crippen molar-refractivity contribution in [3.05, 3.63) is 76.5 Å². The average Bonchev–Trinajstić information content (AvgIpc) is 3.19. The predicted octanol–water partition coefficient (Wildman–Crippen LogP) is 3.12. The fourth-order valence-corrected chi connectivity index (χ4v) is 4.29. The minimum atomic E-state index is -0.461. The van der Waals surface area contributed by atoms with Crippen LogP contribution in [0.1, 0.15) is 22.2 Å². The first-order valence-corrected chi connectivity index (χ1v) is 10.3. The summed E-state index contributed by atoms with van der Waals surface area (Å²) in [5.41, 5.74) is 1.99. The Morgan fingerprint density at radius 3 is 2.39 bits per heavy atom. The van der Waals surface area contributed by atoms with E-state index in [9.17, 15) is 9.50 Å². The Morgan fingerprint density at radius 2 is 1.68 bits per heavy atom. The third kappa shape index (κ3) is 4.73. The minimum absolute atomic E-state index is 0.225. The van der Waals surface area contributed by atoms with Crippen molar-refractivity contribution in [2.24, 2.45) is 0 Å². The van der Waals surface area contributed by atoms with Gasteiger partial charge in [-0.2, -0.15) is 0 Å². The van der Waals surface area contributed by atoms with Crippen LogP contribution in [0.5, 0.6) is 0 Å². The van der Waals surface area contributed by atoms with Crippen molar-refractivity contribution < 1.29 is 9.50 Å². The number of benzene rings is 2. The Balaban J connectivity index is 1.29. The largest absolute Gasteiger partial charge is 0.387 e. The smallest absolute Gasteiger partial charge is 0.208 e. The van der Waals surface area contributed by atoms with E-state index in [0.29, 0.717) is 13.0 Å². The molecule has 3 aromatic rings. The molecule has 5 nitrogen and oxygen atoms in total. The van der Waals surface area contributed by atoms with Gasteiger partial charge in [0.1, 0.15) is 10.8 Å². The normalized spacial score (nSPS) is 16.3. The quantitative estimate of drug-likeness (QED) is 0.691. The van der Waals surface area contributed by atoms with Crippen LogP contribution in [-0.4, -0.2) is 52.9 Å². The van der Waals surface area contributed by atoms with Crippen LogP contribution in [0.2, 0.25) is 0 Å². The fraction of sp³-hybridized carbons (Fsp3) is 0.333. The van der Waals surface area contributed by atoms with E-state index in [2.05, 4.69) is 20.0 Å². The van der Waals surface area contributed by atoms with E-state index in [1.807, 2.05) is 30.3 Å². The molecule has 1 aliphatic rings. The van der Waals surface area contributed by atoms with Crippen LogP contribution in [0, 0.1) is 5.82 Å². The second kappa shape index (κ2) is 8.77. The van der Waals surface area contributed by atoms with Crippen LogP contribution in [0.4, 0.5) is 9.52 Å². The molecule has 1 aromatic heterocycles. The van der Waals surface area contributed by atoms with Gasteiger partial charge in [-0.3, -0.25) is 4.90 Å². The molecule has 2 heterocycles. The second-order valence-corrected chi connectivity index (χ2v) is 8.04. The highest BCUT2D eigenvalue weighted by Crippen LogP contribution is 2.24. The van der Waals surface area contributed by atoms with Crippen molar-refractivity contribution >= 4 is 16.5 Å². The van der Waals surface area contributed by atoms with Crippen LogP contribution >= 0.6 is 11.3 Å². The van der Waals surface area contributed by atoms with Gasteiger partial charge in [0, 0.05) is 39.1 Å². The molecule has 4 rings (SSSR count). The number of aliphatic hydroxyl groups is 1. The standard InChI is InChI=1S/C21H23FN4OS/c22-18-8-6-16(7-9-18)14-20-23-24-21(28-20)26-12-10-25(11-13-26)15-19(27)17-4-2-1-3-5-17/h1-9,19,27H,10-15H2. The average molecular weight is 399 g/mol. The molecule has 146 valence electrons. The van der Waals surface area contributed by atoms with Gasteiger partial charge < -0.3 is 10.0 Å². The molecule has 1 fully saturated rings. The van der Waals surface area contributed by atoms with Gasteiger partial charge in [0.25, 0.3) is 0 Å². The molecule has 1 atom stereocenters. The molecule has 2 aromatic carbocycles. The summed E-state index contributed by atoms with van der Waals surface area (Å²) in [4.78, 5) is 4.53. The van der Waals surface area contributed by atoms with Crippen LogP contribution in [0.15, 0.2) is 54.6 Å². The van der Waals surface area contributed by atoms with Gasteiger partial charge in [0.15, 0.2) is 0 Å². The SMILES string of the molecule is OC(CN1CCN(c2nnc(Cc3ccc(F)cc3)s2)CC1)c1ccccc1. The molecule has 28 heavy (non-hydrogen) atoms. The molecule has 1 unspecified atom stereocenters. The highest BCUT2D eigenvalue weighted by molar-refractivity contribution is 7.15. The lowest BCUT2D eigenvalue weighted by molar-refractivity contribution is 0.109. The number of rotatable bonds is 6. The van der Waals surface area contributed by atoms with Crippen molar-refractivity contribution in [1.82, 2.24) is 15.1 Å². The number of aromatic nitrogens is 2. The molecular formula is C21H23FN4OS. The van der Waals surface area contributed by atoms with Crippen molar-refractivity contribution in [3.63, 3.8) is 0 Å². The zero-order valence-electron chi connectivity index (χ0n) is 15.5. The van der Waals surface area contributed by atoms with Crippen molar-refractivity contribution in [3.8, 4) is 0 Å². The van der Waals surface area contributed by atoms with Gasteiger partial charge in [-0.05, 0) is 23.3 Å². The van der Waals surface area contributed by atoms with E-state index in [-0.39, 0.29) is 5.82 Å². The highest BCUT2D eigenvalue weighted by atomic mass is 32.1. The Morgan fingerprint density at radius 1 is 0.964 bits per heavy atom. The third-order valence-electron chi connectivity index (χ3n) is 4.98. The van der Waals surface area contributed by atoms with E-state index >= 15 is 0 Å². The first kappa shape index (κ1) is 19.0. The topological polar surface area (TPSA) is 52.5 Å². The molecular weight excluding hydrogens is 375 g/mol. The van der Waals surface area contributed by atoms with Gasteiger partial charge in [-0.1, -0.05) is 53.8 Å². The lowest BCUT2D eigenvalue weighted by Gasteiger charge is -2.35. The number of hydrogen-bond donors (Lipinski definition) is 1. The summed E-state index contributed by atoms with van der Waals surface area (Å²) in [5, 5.41) is 20.9. The summed E-state index contributed by atoms with van der Waals surface area (Å²) in [6, 6.07) is 16.3. The Hall–Kier alpha value is -2.35. The van der Waals surface area contributed by atoms with E-state index in [1.165, 1.54) is 12.1 Å². The molecule has 0 bridgehead atoms. The lowest BCUT2D eigenvalue weighted by atomic mass is 10.1. The van der Waals surface area contributed by atoms with Gasteiger partial charge >= 0.3 is 0 Å². The molecule has 0 spiro atoms. The first-order chi connectivity index (χ1) is 13.7. The molecule has 0 radical (unpaired) electrons. The summed E-state index contributed by atoms with van der Waals surface area (Å²) in [6.07, 6.45) is 0.206. The molecule has 7 heteroatoms. The molecule has 0 amide bonds. The molecule has 1 saturated heterocycles. The summed E-state index contributed by atoms with van der Waals surface area (Å²) in [5.74, 6) is -0.225. The Labute approximate surface area is 168 Å². The molecule has 0 saturated carbocycles. The maximum atomic E-state index is 13.0. The summed E-state index contributed by atoms with van der Waals surface area (Å²) >= 11 is 1.59. The minimum Gasteiger partial charge on any atom is -0.387 e. The van der Waals surface area contributed by atoms with E-state index in [1.54, 1.807) is 23.5 Å². The predicted molar refractivity (Wildman–Crippen MR) is 109 cm³/mol. The number of piperazine rings is 1. The Bertz CT molecular complexity index is 879. The van der Waals surface area contributed by atoms with Crippen LogP contribution in [0.25, 0.3) is 0 Å². The van der Waals surface area contributed by atoms with E-state index in [4.69, 9.17) is 0 Å². The first-order valence-electron chi connectivity index (χ1n) is 9.44. The number of nitrogens with zero attached hydrogens (tertiary/aromatic N) is 4. The van der Waals surface area contributed by atoms with Crippen molar-refractivity contribution in [1.29, 1.82) is 0 Å². The Kier molecular flexibility index (Phi) is 5.95. The summed E-state index contributed by atoms with van der Waals surface area (Å²) in [7, 11) is 0. The fourth-order valence-electron chi connectivity index (χ4n) is 3.37. The van der Waals surface area contributed by atoms with Gasteiger partial charge in [0.05, 0.1) is 6.10 Å². The maximum Gasteiger partial charge on any atom is 0.208 e. The van der Waals surface area contributed by atoms with Crippen molar-refractivity contribution in [2.45, 2.75) is 12.5 Å². The van der Waals surface area contributed by atoms with Gasteiger partial charge in [0.2, 0.25) is 5.13 Å². The van der Waals surface area contributed by atoms with Crippen LogP contribution in [-0.2, 0) is 6.42 Å². The lowest BCUT2D eigenvalue weighted by Crippen LogP contribution is -2.47. The van der Waals surface area contributed by atoms with Crippen molar-refractivity contribution in [2.75, 3.05) is 37.6 Å². The summed E-state index contributed by atoms with van der Waals surface area (Å²) in [6.45, 7) is 4.15. The number of halogens is 1. The van der Waals surface area contributed by atoms with Gasteiger partial charge in [-0.25, -0.2) is 4.39 Å². The number of hydrogen-bond acceptors (Lipinski definition) is 6. The van der Waals surface area contributed by atoms with Crippen LogP contribution < -0.4 is 4.90 Å². The molecule has 1 aliphatic heterocycles. The zero-order chi connectivity index (χ0) is 19.3. The monoisotopic (exact) mass is 398 g/mol. The maximum absolute atomic E-state index is 13.0. The zero-order valence-corrected chi connectivity index (χ0v) is 16.4. The molecule has 1 N–H and O–H groups in total. The summed E-state index contributed by atoms with van der Waals surface area (Å²) < 4.78 is 13.0. The number of anilines is 1. The number of β-amino-alcohol motifs (C(OH)–C–C–N with tert-alkyl or cyclic N) is 1. The highest BCUT2D eigenvalue weighted by Gasteiger charge is 2.22. The second-order valence-electron chi connectivity index (χ2n) is 7.00. The van der Waals surface area contributed by atoms with E-state index < -0.39 is 6.10 Å². The van der Waals surface area contributed by atoms with Gasteiger partial charge in [-0.15, -0.1) is 10.2 Å². The number of aliphatic hydroxyl groups excluding tert-OH is 1. The third-order valence-corrected chi connectivity index (χ3v) is 5.97. The van der Waals surface area contributed by atoms with E-state index in [0.717, 1.165) is 47.4 Å². The molecule has 0 aliphatic carbocycles. The van der Waals surface area contributed by atoms with Crippen LogP contribution in [0.3, 0.4) is 0 Å².